The molecule has 0 radical (unpaired) electrons. The molecule has 4 nitrogen and oxygen atoms in total. The highest BCUT2D eigenvalue weighted by atomic mass is 32.1. The van der Waals surface area contributed by atoms with Gasteiger partial charge >= 0.3 is 5.97 Å². The number of hydrogen-bond acceptors (Lipinski definition) is 4. The average molecular weight is 331 g/mol. The van der Waals surface area contributed by atoms with Crippen LogP contribution < -0.4 is 5.32 Å². The molecule has 1 atom stereocenters. The van der Waals surface area contributed by atoms with Crippen molar-refractivity contribution < 1.29 is 14.3 Å². The summed E-state index contributed by atoms with van der Waals surface area (Å²) in [5.74, 6) is -0.792. The molecule has 2 aromatic rings. The maximum absolute atomic E-state index is 12.3. The second kappa shape index (κ2) is 6.96. The zero-order chi connectivity index (χ0) is 17.1. The third-order valence-electron chi connectivity index (χ3n) is 3.63. The molecule has 0 unspecified atom stereocenters. The lowest BCUT2D eigenvalue weighted by molar-refractivity contribution is -0.123. The van der Waals surface area contributed by atoms with Crippen LogP contribution in [0.3, 0.4) is 0 Å². The van der Waals surface area contributed by atoms with E-state index in [4.69, 9.17) is 4.74 Å². The Morgan fingerprint density at radius 1 is 1.09 bits per heavy atom. The van der Waals surface area contributed by atoms with Crippen LogP contribution in [0.25, 0.3) is 0 Å². The molecule has 1 aromatic carbocycles. The maximum Gasteiger partial charge on any atom is 0.349 e. The number of benzene rings is 1. The van der Waals surface area contributed by atoms with Gasteiger partial charge in [0.05, 0.1) is 0 Å². The molecule has 1 N–H and O–H groups in total. The van der Waals surface area contributed by atoms with Gasteiger partial charge < -0.3 is 10.1 Å². The minimum Gasteiger partial charge on any atom is -0.448 e. The number of thiophene rings is 1. The fourth-order valence-corrected chi connectivity index (χ4v) is 3.26. The SMILES string of the molecule is Cc1cc(C)c(NC(=O)[C@@H](C)OC(=O)c2sccc2C)c(C)c1. The smallest absolute Gasteiger partial charge is 0.349 e. The number of rotatable bonds is 4. The minimum atomic E-state index is -0.857. The second-order valence-electron chi connectivity index (χ2n) is 5.74. The van der Waals surface area contributed by atoms with Crippen LogP contribution in [0.5, 0.6) is 0 Å². The molecule has 1 aromatic heterocycles. The lowest BCUT2D eigenvalue weighted by atomic mass is 10.0. The normalized spacial score (nSPS) is 11.9. The van der Waals surface area contributed by atoms with E-state index in [9.17, 15) is 9.59 Å². The molecule has 0 aliphatic carbocycles. The fourth-order valence-electron chi connectivity index (χ4n) is 2.45. The number of anilines is 1. The van der Waals surface area contributed by atoms with E-state index in [1.807, 2.05) is 51.3 Å². The van der Waals surface area contributed by atoms with E-state index in [0.29, 0.717) is 4.88 Å². The van der Waals surface area contributed by atoms with Crippen molar-refractivity contribution in [1.82, 2.24) is 0 Å². The molecular formula is C18H21NO3S. The summed E-state index contributed by atoms with van der Waals surface area (Å²) in [5, 5.41) is 4.69. The summed E-state index contributed by atoms with van der Waals surface area (Å²) in [6.07, 6.45) is -0.857. The molecule has 1 amide bonds. The van der Waals surface area contributed by atoms with Crippen molar-refractivity contribution >= 4 is 28.9 Å². The highest BCUT2D eigenvalue weighted by Crippen LogP contribution is 2.23. The van der Waals surface area contributed by atoms with E-state index < -0.39 is 12.1 Å². The number of hydrogen-bond donors (Lipinski definition) is 1. The summed E-state index contributed by atoms with van der Waals surface area (Å²) in [6, 6.07) is 5.87. The summed E-state index contributed by atoms with van der Waals surface area (Å²) in [6.45, 7) is 9.33. The van der Waals surface area contributed by atoms with Gasteiger partial charge in [0, 0.05) is 5.69 Å². The lowest BCUT2D eigenvalue weighted by Gasteiger charge is -2.16. The summed E-state index contributed by atoms with van der Waals surface area (Å²) in [7, 11) is 0. The van der Waals surface area contributed by atoms with Crippen LogP contribution in [0.4, 0.5) is 5.69 Å². The van der Waals surface area contributed by atoms with Gasteiger partial charge in [0.25, 0.3) is 5.91 Å². The van der Waals surface area contributed by atoms with E-state index in [1.54, 1.807) is 6.92 Å². The molecule has 0 aliphatic heterocycles. The quantitative estimate of drug-likeness (QED) is 0.856. The van der Waals surface area contributed by atoms with Crippen molar-refractivity contribution in [3.8, 4) is 0 Å². The van der Waals surface area contributed by atoms with Crippen LogP contribution in [-0.4, -0.2) is 18.0 Å². The summed E-state index contributed by atoms with van der Waals surface area (Å²) >= 11 is 1.32. The van der Waals surface area contributed by atoms with E-state index >= 15 is 0 Å². The number of amides is 1. The molecule has 1 heterocycles. The molecule has 122 valence electrons. The third-order valence-corrected chi connectivity index (χ3v) is 4.62. The molecule has 0 saturated heterocycles. The topological polar surface area (TPSA) is 55.4 Å². The van der Waals surface area contributed by atoms with Crippen molar-refractivity contribution in [3.63, 3.8) is 0 Å². The lowest BCUT2D eigenvalue weighted by Crippen LogP contribution is -2.30. The van der Waals surface area contributed by atoms with Crippen molar-refractivity contribution in [3.05, 3.63) is 50.7 Å². The Bertz CT molecular complexity index is 725. The molecule has 0 bridgehead atoms. The Morgan fingerprint density at radius 3 is 2.22 bits per heavy atom. The van der Waals surface area contributed by atoms with Gasteiger partial charge in [-0.15, -0.1) is 11.3 Å². The van der Waals surface area contributed by atoms with Crippen molar-refractivity contribution in [2.75, 3.05) is 5.32 Å². The third kappa shape index (κ3) is 3.99. The van der Waals surface area contributed by atoms with E-state index in [0.717, 1.165) is 27.9 Å². The van der Waals surface area contributed by atoms with Gasteiger partial charge in [-0.1, -0.05) is 17.7 Å². The van der Waals surface area contributed by atoms with Crippen molar-refractivity contribution in [2.24, 2.45) is 0 Å². The molecule has 2 rings (SSSR count). The van der Waals surface area contributed by atoms with Gasteiger partial charge in [-0.25, -0.2) is 4.79 Å². The summed E-state index contributed by atoms with van der Waals surface area (Å²) < 4.78 is 5.27. The van der Waals surface area contributed by atoms with Crippen LogP contribution in [0.15, 0.2) is 23.6 Å². The highest BCUT2D eigenvalue weighted by Gasteiger charge is 2.21. The van der Waals surface area contributed by atoms with Gasteiger partial charge in [-0.2, -0.15) is 0 Å². The van der Waals surface area contributed by atoms with Crippen LogP contribution in [0.2, 0.25) is 0 Å². The van der Waals surface area contributed by atoms with Crippen LogP contribution in [-0.2, 0) is 9.53 Å². The molecule has 0 aliphatic rings. The predicted octanol–water partition coefficient (Wildman–Crippen LogP) is 4.17. The van der Waals surface area contributed by atoms with Gasteiger partial charge in [-0.05, 0) is 62.8 Å². The minimum absolute atomic E-state index is 0.331. The zero-order valence-corrected chi connectivity index (χ0v) is 14.8. The monoisotopic (exact) mass is 331 g/mol. The first-order valence-electron chi connectivity index (χ1n) is 7.43. The number of esters is 1. The number of carbonyl (C=O) groups excluding carboxylic acids is 2. The summed E-state index contributed by atoms with van der Waals surface area (Å²) in [5.41, 5.74) is 4.76. The fraction of sp³-hybridized carbons (Fsp3) is 0.333. The first kappa shape index (κ1) is 17.2. The van der Waals surface area contributed by atoms with Gasteiger partial charge in [-0.3, -0.25) is 4.79 Å². The Kier molecular flexibility index (Phi) is 5.21. The number of aryl methyl sites for hydroxylation is 4. The maximum atomic E-state index is 12.3. The first-order valence-corrected chi connectivity index (χ1v) is 8.31. The largest absolute Gasteiger partial charge is 0.448 e. The molecule has 0 saturated carbocycles. The Hall–Kier alpha value is -2.14. The number of ether oxygens (including phenoxy) is 1. The van der Waals surface area contributed by atoms with Crippen molar-refractivity contribution in [2.45, 2.75) is 40.7 Å². The molecular weight excluding hydrogens is 310 g/mol. The van der Waals surface area contributed by atoms with Crippen LogP contribution in [0.1, 0.15) is 38.8 Å². The van der Waals surface area contributed by atoms with Gasteiger partial charge in [0.2, 0.25) is 0 Å². The Labute approximate surface area is 140 Å². The predicted molar refractivity (Wildman–Crippen MR) is 93.2 cm³/mol. The molecule has 0 spiro atoms. The van der Waals surface area contributed by atoms with Crippen molar-refractivity contribution in [1.29, 1.82) is 0 Å². The van der Waals surface area contributed by atoms with E-state index in [2.05, 4.69) is 5.32 Å². The number of carbonyl (C=O) groups is 2. The molecule has 23 heavy (non-hydrogen) atoms. The molecule has 5 heteroatoms. The first-order chi connectivity index (χ1) is 10.8. The van der Waals surface area contributed by atoms with Gasteiger partial charge in [0.1, 0.15) is 4.88 Å². The second-order valence-corrected chi connectivity index (χ2v) is 6.66. The van der Waals surface area contributed by atoms with Crippen LogP contribution >= 0.6 is 11.3 Å². The van der Waals surface area contributed by atoms with Crippen LogP contribution in [0, 0.1) is 27.7 Å². The van der Waals surface area contributed by atoms with E-state index in [-0.39, 0.29) is 5.91 Å². The van der Waals surface area contributed by atoms with Gasteiger partial charge in [0.15, 0.2) is 6.10 Å². The summed E-state index contributed by atoms with van der Waals surface area (Å²) in [4.78, 5) is 24.9. The Morgan fingerprint density at radius 2 is 1.70 bits per heavy atom. The zero-order valence-electron chi connectivity index (χ0n) is 14.0. The average Bonchev–Trinajstić information content (AvgIpc) is 2.88. The number of nitrogens with one attached hydrogen (secondary N) is 1. The highest BCUT2D eigenvalue weighted by molar-refractivity contribution is 7.12. The molecule has 0 fully saturated rings. The Balaban J connectivity index is 2.06. The standard InChI is InChI=1S/C18H21NO3S/c1-10-8-12(3)15(13(4)9-10)19-17(20)14(5)22-18(21)16-11(2)6-7-23-16/h6-9,14H,1-5H3,(H,19,20)/t14-/m1/s1. The van der Waals surface area contributed by atoms with E-state index in [1.165, 1.54) is 11.3 Å².